The molecule has 4 nitrogen and oxygen atoms in total. The molecule has 0 atom stereocenters. The molecule has 1 rings (SSSR count). The van der Waals surface area contributed by atoms with Crippen LogP contribution in [0.2, 0.25) is 0 Å². The van der Waals surface area contributed by atoms with E-state index in [1.807, 2.05) is 13.8 Å². The Kier molecular flexibility index (Phi) is 9.47. The molecule has 0 aromatic heterocycles. The van der Waals surface area contributed by atoms with Gasteiger partial charge in [-0.2, -0.15) is 0 Å². The van der Waals surface area contributed by atoms with Crippen LogP contribution in [0.5, 0.6) is 5.75 Å². The molecular weight excluding hydrogens is 427 g/mol. The van der Waals surface area contributed by atoms with E-state index >= 15 is 0 Å². The lowest BCUT2D eigenvalue weighted by molar-refractivity contribution is -0.133. The third-order valence-electron chi connectivity index (χ3n) is 3.66. The molecule has 23 heavy (non-hydrogen) atoms. The highest BCUT2D eigenvalue weighted by Gasteiger charge is 2.19. The number of rotatable bonds is 6. The van der Waals surface area contributed by atoms with E-state index in [1.54, 1.807) is 4.90 Å². The van der Waals surface area contributed by atoms with Gasteiger partial charge in [-0.1, -0.05) is 26.8 Å². The van der Waals surface area contributed by atoms with Gasteiger partial charge in [-0.05, 0) is 53.5 Å². The summed E-state index contributed by atoms with van der Waals surface area (Å²) in [5, 5.41) is 0. The number of hydrogen-bond acceptors (Lipinski definition) is 3. The Morgan fingerprint density at radius 3 is 2.26 bits per heavy atom. The normalized spacial score (nSPS) is 10.9. The number of nitrogens with zero attached hydrogens (tertiary/aromatic N) is 1. The van der Waals surface area contributed by atoms with Gasteiger partial charge in [-0.25, -0.2) is 0 Å². The minimum atomic E-state index is 0. The first-order valence-electron chi connectivity index (χ1n) is 7.68. The molecule has 1 aromatic carbocycles. The Balaban J connectivity index is 0.00000484. The second kappa shape index (κ2) is 9.69. The van der Waals surface area contributed by atoms with Gasteiger partial charge in [0.05, 0.1) is 3.57 Å². The van der Waals surface area contributed by atoms with E-state index in [0.29, 0.717) is 19.6 Å². The molecule has 132 valence electrons. The predicted molar refractivity (Wildman–Crippen MR) is 106 cm³/mol. The van der Waals surface area contributed by atoms with Crippen molar-refractivity contribution in [2.45, 2.75) is 46.6 Å². The van der Waals surface area contributed by atoms with Crippen LogP contribution in [-0.2, 0) is 16.8 Å². The molecule has 0 aliphatic carbocycles. The maximum Gasteiger partial charge on any atom is 0.260 e. The van der Waals surface area contributed by atoms with Crippen molar-refractivity contribution in [3.63, 3.8) is 0 Å². The summed E-state index contributed by atoms with van der Waals surface area (Å²) >= 11 is 2.25. The molecule has 2 N–H and O–H groups in total. The molecule has 0 heterocycles. The number of benzene rings is 1. The largest absolute Gasteiger partial charge is 0.482 e. The van der Waals surface area contributed by atoms with Crippen LogP contribution >= 0.6 is 35.0 Å². The molecule has 0 radical (unpaired) electrons. The van der Waals surface area contributed by atoms with Crippen LogP contribution in [0.1, 0.15) is 45.7 Å². The summed E-state index contributed by atoms with van der Waals surface area (Å²) in [6.07, 6.45) is 0. The summed E-state index contributed by atoms with van der Waals surface area (Å²) in [5.74, 6) is 0.736. The van der Waals surface area contributed by atoms with E-state index in [1.165, 1.54) is 5.56 Å². The number of carbonyl (C=O) groups excluding carboxylic acids is 1. The minimum Gasteiger partial charge on any atom is -0.482 e. The Morgan fingerprint density at radius 1 is 1.26 bits per heavy atom. The number of amides is 1. The lowest BCUT2D eigenvalue weighted by Crippen LogP contribution is -2.34. The number of likely N-dealkylation sites (N-methyl/N-ethyl adjacent to an activating group) is 1. The first-order chi connectivity index (χ1) is 10.2. The topological polar surface area (TPSA) is 55.6 Å². The number of hydrogen-bond donors (Lipinski definition) is 1. The Hall–Kier alpha value is -0.530. The lowest BCUT2D eigenvalue weighted by Gasteiger charge is -2.23. The Morgan fingerprint density at radius 2 is 1.83 bits per heavy atom. The molecule has 0 aliphatic rings. The van der Waals surface area contributed by atoms with E-state index in [4.69, 9.17) is 10.5 Å². The molecule has 0 bridgehead atoms. The van der Waals surface area contributed by atoms with Crippen molar-refractivity contribution in [3.8, 4) is 5.75 Å². The fourth-order valence-electron chi connectivity index (χ4n) is 2.20. The zero-order valence-electron chi connectivity index (χ0n) is 14.6. The lowest BCUT2D eigenvalue weighted by atomic mass is 9.86. The summed E-state index contributed by atoms with van der Waals surface area (Å²) in [4.78, 5) is 13.8. The number of halogens is 2. The summed E-state index contributed by atoms with van der Waals surface area (Å²) < 4.78 is 6.79. The SMILES string of the molecule is CCN(CC)C(=O)COc1c(I)cc(C(C)(C)C)cc1CN.Cl. The van der Waals surface area contributed by atoms with Gasteiger partial charge in [0.1, 0.15) is 5.75 Å². The Bertz CT molecular complexity index is 526. The summed E-state index contributed by atoms with van der Waals surface area (Å²) in [6, 6.07) is 4.19. The van der Waals surface area contributed by atoms with Crippen molar-refractivity contribution < 1.29 is 9.53 Å². The quantitative estimate of drug-likeness (QED) is 0.667. The van der Waals surface area contributed by atoms with E-state index in [-0.39, 0.29) is 30.3 Å². The van der Waals surface area contributed by atoms with Crippen LogP contribution in [0.3, 0.4) is 0 Å². The molecule has 0 aliphatic heterocycles. The van der Waals surface area contributed by atoms with Gasteiger partial charge in [-0.15, -0.1) is 12.4 Å². The predicted octanol–water partition coefficient (Wildman–Crippen LogP) is 3.72. The van der Waals surface area contributed by atoms with Crippen molar-refractivity contribution in [3.05, 3.63) is 26.8 Å². The van der Waals surface area contributed by atoms with Gasteiger partial charge in [0.2, 0.25) is 0 Å². The van der Waals surface area contributed by atoms with Crippen LogP contribution in [0.4, 0.5) is 0 Å². The maximum absolute atomic E-state index is 12.1. The van der Waals surface area contributed by atoms with E-state index < -0.39 is 0 Å². The Labute approximate surface area is 159 Å². The molecule has 0 unspecified atom stereocenters. The number of carbonyl (C=O) groups is 1. The average Bonchev–Trinajstić information content (AvgIpc) is 2.45. The fraction of sp³-hybridized carbons (Fsp3) is 0.588. The van der Waals surface area contributed by atoms with Crippen molar-refractivity contribution in [2.75, 3.05) is 19.7 Å². The van der Waals surface area contributed by atoms with Gasteiger partial charge in [0.25, 0.3) is 5.91 Å². The summed E-state index contributed by atoms with van der Waals surface area (Å²) in [5.41, 5.74) is 8.10. The van der Waals surface area contributed by atoms with Gasteiger partial charge < -0.3 is 15.4 Å². The number of nitrogens with two attached hydrogens (primary N) is 1. The van der Waals surface area contributed by atoms with Gasteiger partial charge >= 0.3 is 0 Å². The van der Waals surface area contributed by atoms with Crippen LogP contribution in [-0.4, -0.2) is 30.5 Å². The first kappa shape index (κ1) is 22.5. The van der Waals surface area contributed by atoms with Gasteiger partial charge in [0.15, 0.2) is 6.61 Å². The van der Waals surface area contributed by atoms with E-state index in [0.717, 1.165) is 14.9 Å². The highest BCUT2D eigenvalue weighted by molar-refractivity contribution is 14.1. The maximum atomic E-state index is 12.1. The molecule has 6 heteroatoms. The molecule has 0 spiro atoms. The van der Waals surface area contributed by atoms with Crippen LogP contribution in [0.25, 0.3) is 0 Å². The minimum absolute atomic E-state index is 0. The highest BCUT2D eigenvalue weighted by atomic mass is 127. The van der Waals surface area contributed by atoms with Crippen LogP contribution in [0.15, 0.2) is 12.1 Å². The van der Waals surface area contributed by atoms with Crippen molar-refractivity contribution in [1.29, 1.82) is 0 Å². The van der Waals surface area contributed by atoms with E-state index in [9.17, 15) is 4.79 Å². The molecule has 0 saturated carbocycles. The van der Waals surface area contributed by atoms with E-state index in [2.05, 4.69) is 55.5 Å². The third-order valence-corrected chi connectivity index (χ3v) is 4.46. The van der Waals surface area contributed by atoms with Gasteiger partial charge in [-0.3, -0.25) is 4.79 Å². The van der Waals surface area contributed by atoms with Crippen molar-refractivity contribution in [1.82, 2.24) is 4.90 Å². The first-order valence-corrected chi connectivity index (χ1v) is 8.75. The van der Waals surface area contributed by atoms with Crippen molar-refractivity contribution in [2.24, 2.45) is 5.73 Å². The second-order valence-corrected chi connectivity index (χ2v) is 7.42. The zero-order valence-corrected chi connectivity index (χ0v) is 17.6. The zero-order chi connectivity index (χ0) is 16.9. The average molecular weight is 455 g/mol. The summed E-state index contributed by atoms with van der Waals surface area (Å²) in [6.45, 7) is 12.3. The number of ether oxygens (including phenoxy) is 1. The fourth-order valence-corrected chi connectivity index (χ4v) is 3.04. The monoisotopic (exact) mass is 454 g/mol. The molecule has 1 amide bonds. The van der Waals surface area contributed by atoms with Gasteiger partial charge in [0, 0.05) is 25.2 Å². The molecular formula is C17H28ClIN2O2. The van der Waals surface area contributed by atoms with Crippen LogP contribution < -0.4 is 10.5 Å². The highest BCUT2D eigenvalue weighted by Crippen LogP contribution is 2.32. The second-order valence-electron chi connectivity index (χ2n) is 6.26. The summed E-state index contributed by atoms with van der Waals surface area (Å²) in [7, 11) is 0. The smallest absolute Gasteiger partial charge is 0.260 e. The third kappa shape index (κ3) is 6.12. The molecule has 1 aromatic rings. The van der Waals surface area contributed by atoms with Crippen LogP contribution in [0, 0.1) is 3.57 Å². The molecule has 0 saturated heterocycles. The van der Waals surface area contributed by atoms with Crippen molar-refractivity contribution >= 4 is 40.9 Å². The molecule has 0 fully saturated rings. The standard InChI is InChI=1S/C17H27IN2O2.ClH/c1-6-20(7-2)15(21)11-22-16-12(10-19)8-13(9-14(16)18)17(3,4)5;/h8-9H,6-7,10-11,19H2,1-5H3;1H.